The van der Waals surface area contributed by atoms with E-state index >= 15 is 0 Å². The lowest BCUT2D eigenvalue weighted by Gasteiger charge is -2.31. The van der Waals surface area contributed by atoms with Gasteiger partial charge >= 0.3 is 0 Å². The highest BCUT2D eigenvalue weighted by atomic mass is 32.2. The fourth-order valence-corrected chi connectivity index (χ4v) is 4.97. The normalized spacial score (nSPS) is 16.9. The Labute approximate surface area is 147 Å². The van der Waals surface area contributed by atoms with Crippen LogP contribution in [0.15, 0.2) is 23.5 Å². The highest BCUT2D eigenvalue weighted by molar-refractivity contribution is 7.89. The number of sulfonamides is 1. The lowest BCUT2D eigenvalue weighted by molar-refractivity contribution is 0.129. The number of rotatable bonds is 6. The van der Waals surface area contributed by atoms with Gasteiger partial charge in [-0.1, -0.05) is 13.8 Å². The molecule has 9 heteroatoms. The average molecular weight is 365 g/mol. The summed E-state index contributed by atoms with van der Waals surface area (Å²) in [5.41, 5.74) is 1.28. The predicted octanol–water partition coefficient (Wildman–Crippen LogP) is 1.56. The maximum Gasteiger partial charge on any atom is 0.246 e. The molecule has 8 nitrogen and oxygen atoms in total. The Morgan fingerprint density at radius 3 is 2.60 bits per heavy atom. The highest BCUT2D eigenvalue weighted by Gasteiger charge is 2.34. The summed E-state index contributed by atoms with van der Waals surface area (Å²) in [5.74, 6) is 0.472. The van der Waals surface area contributed by atoms with Gasteiger partial charge in [0.25, 0.3) is 0 Å². The number of aryl methyl sites for hydroxylation is 2. The Hall–Kier alpha value is -2.00. The number of nitrogens with zero attached hydrogens (tertiary/aromatic N) is 4. The summed E-state index contributed by atoms with van der Waals surface area (Å²) >= 11 is 0. The van der Waals surface area contributed by atoms with Gasteiger partial charge in [-0.2, -0.15) is 9.40 Å². The van der Waals surface area contributed by atoms with Crippen LogP contribution in [-0.2, 0) is 22.9 Å². The molecule has 0 aromatic carbocycles. The maximum atomic E-state index is 13.1. The molecule has 2 aromatic heterocycles. The van der Waals surface area contributed by atoms with Gasteiger partial charge in [0.2, 0.25) is 15.9 Å². The van der Waals surface area contributed by atoms with E-state index in [2.05, 4.69) is 20.2 Å². The topological polar surface area (TPSA) is 101 Å². The molecule has 2 aromatic rings. The van der Waals surface area contributed by atoms with E-state index in [1.54, 1.807) is 18.6 Å². The number of nitrogens with one attached hydrogen (secondary N) is 1. The summed E-state index contributed by atoms with van der Waals surface area (Å²) < 4.78 is 33.5. The van der Waals surface area contributed by atoms with E-state index in [0.29, 0.717) is 60.9 Å². The minimum atomic E-state index is -3.54. The molecule has 0 unspecified atom stereocenters. The molecular formula is C16H23N5O3S. The largest absolute Gasteiger partial charge is 0.473 e. The number of H-pyrrole nitrogens is 1. The molecule has 136 valence electrons. The Balaban J connectivity index is 1.71. The molecule has 1 N–H and O–H groups in total. The van der Waals surface area contributed by atoms with Crippen molar-refractivity contribution in [3.8, 4) is 5.88 Å². The van der Waals surface area contributed by atoms with Crippen LogP contribution in [0.25, 0.3) is 0 Å². The van der Waals surface area contributed by atoms with E-state index in [0.717, 1.165) is 0 Å². The second-order valence-electron chi connectivity index (χ2n) is 5.95. The second-order valence-corrected chi connectivity index (χ2v) is 7.82. The van der Waals surface area contributed by atoms with Crippen molar-refractivity contribution in [1.82, 2.24) is 24.5 Å². The third-order valence-corrected chi connectivity index (χ3v) is 6.42. The van der Waals surface area contributed by atoms with E-state index in [-0.39, 0.29) is 6.10 Å². The number of aromatic nitrogens is 4. The van der Waals surface area contributed by atoms with Gasteiger partial charge in [0, 0.05) is 25.5 Å². The molecule has 0 amide bonds. The van der Waals surface area contributed by atoms with Crippen molar-refractivity contribution in [3.05, 3.63) is 30.0 Å². The lowest BCUT2D eigenvalue weighted by atomic mass is 10.1. The first-order valence-corrected chi connectivity index (χ1v) is 9.99. The summed E-state index contributed by atoms with van der Waals surface area (Å²) in [6, 6.07) is 0. The highest BCUT2D eigenvalue weighted by Crippen LogP contribution is 2.27. The molecule has 3 rings (SSSR count). The van der Waals surface area contributed by atoms with Crippen molar-refractivity contribution in [1.29, 1.82) is 0 Å². The molecule has 1 fully saturated rings. The Kier molecular flexibility index (Phi) is 5.33. The summed E-state index contributed by atoms with van der Waals surface area (Å²) in [6.07, 6.45) is 7.10. The van der Waals surface area contributed by atoms with Crippen LogP contribution >= 0.6 is 0 Å². The van der Waals surface area contributed by atoms with Crippen molar-refractivity contribution < 1.29 is 13.2 Å². The van der Waals surface area contributed by atoms with E-state index in [4.69, 9.17) is 4.74 Å². The van der Waals surface area contributed by atoms with Gasteiger partial charge in [-0.05, 0) is 25.7 Å². The molecule has 0 aliphatic carbocycles. The van der Waals surface area contributed by atoms with Gasteiger partial charge < -0.3 is 4.74 Å². The van der Waals surface area contributed by atoms with Crippen molar-refractivity contribution in [2.75, 3.05) is 13.1 Å². The molecule has 0 atom stereocenters. The van der Waals surface area contributed by atoms with Crippen molar-refractivity contribution in [2.45, 2.75) is 50.5 Å². The minimum Gasteiger partial charge on any atom is -0.473 e. The monoisotopic (exact) mass is 365 g/mol. The van der Waals surface area contributed by atoms with E-state index in [9.17, 15) is 8.42 Å². The van der Waals surface area contributed by atoms with Gasteiger partial charge in [0.05, 0.1) is 17.6 Å². The SMILES string of the molecule is CCc1n[nH]c(CC)c1S(=O)(=O)N1CCC(Oc2cnccn2)CC1. The van der Waals surface area contributed by atoms with Crippen LogP contribution in [0.4, 0.5) is 0 Å². The Morgan fingerprint density at radius 1 is 1.24 bits per heavy atom. The summed E-state index contributed by atoms with van der Waals surface area (Å²) in [4.78, 5) is 8.42. The summed E-state index contributed by atoms with van der Waals surface area (Å²) in [5, 5.41) is 7.03. The molecule has 0 saturated carbocycles. The first-order valence-electron chi connectivity index (χ1n) is 8.55. The molecule has 0 radical (unpaired) electrons. The first-order chi connectivity index (χ1) is 12.1. The Morgan fingerprint density at radius 2 is 2.00 bits per heavy atom. The summed E-state index contributed by atoms with van der Waals surface area (Å²) in [7, 11) is -3.54. The quantitative estimate of drug-likeness (QED) is 0.833. The van der Waals surface area contributed by atoms with Gasteiger partial charge in [-0.3, -0.25) is 10.1 Å². The van der Waals surface area contributed by atoms with Gasteiger partial charge in [-0.25, -0.2) is 13.4 Å². The van der Waals surface area contributed by atoms with Crippen LogP contribution in [0, 0.1) is 0 Å². The number of hydrogen-bond acceptors (Lipinski definition) is 6. The fourth-order valence-electron chi connectivity index (χ4n) is 3.03. The average Bonchev–Trinajstić information content (AvgIpc) is 3.07. The zero-order chi connectivity index (χ0) is 17.9. The van der Waals surface area contributed by atoms with Gasteiger partial charge in [0.1, 0.15) is 11.0 Å². The predicted molar refractivity (Wildman–Crippen MR) is 91.8 cm³/mol. The Bertz CT molecular complexity index is 777. The van der Waals surface area contributed by atoms with Crippen molar-refractivity contribution in [2.24, 2.45) is 0 Å². The lowest BCUT2D eigenvalue weighted by Crippen LogP contribution is -2.42. The number of piperidine rings is 1. The van der Waals surface area contributed by atoms with Crippen LogP contribution < -0.4 is 4.74 Å². The molecule has 0 spiro atoms. The molecular weight excluding hydrogens is 342 g/mol. The molecule has 0 bridgehead atoms. The van der Waals surface area contributed by atoms with Crippen molar-refractivity contribution >= 4 is 10.0 Å². The van der Waals surface area contributed by atoms with Crippen LogP contribution in [0.5, 0.6) is 5.88 Å². The molecule has 3 heterocycles. The van der Waals surface area contributed by atoms with E-state index < -0.39 is 10.0 Å². The van der Waals surface area contributed by atoms with E-state index in [1.807, 2.05) is 13.8 Å². The van der Waals surface area contributed by atoms with E-state index in [1.165, 1.54) is 4.31 Å². The van der Waals surface area contributed by atoms with Crippen LogP contribution in [0.3, 0.4) is 0 Å². The third-order valence-electron chi connectivity index (χ3n) is 4.38. The number of hydrogen-bond donors (Lipinski definition) is 1. The van der Waals surface area contributed by atoms with Crippen molar-refractivity contribution in [3.63, 3.8) is 0 Å². The smallest absolute Gasteiger partial charge is 0.246 e. The molecule has 25 heavy (non-hydrogen) atoms. The zero-order valence-corrected chi connectivity index (χ0v) is 15.3. The van der Waals surface area contributed by atoms with Crippen LogP contribution in [0.1, 0.15) is 38.1 Å². The first kappa shape index (κ1) is 17.8. The number of ether oxygens (including phenoxy) is 1. The maximum absolute atomic E-state index is 13.1. The second kappa shape index (κ2) is 7.49. The van der Waals surface area contributed by atoms with Crippen LogP contribution in [0.2, 0.25) is 0 Å². The summed E-state index contributed by atoms with van der Waals surface area (Å²) in [6.45, 7) is 4.68. The molecule has 1 saturated heterocycles. The number of aromatic amines is 1. The zero-order valence-electron chi connectivity index (χ0n) is 14.5. The minimum absolute atomic E-state index is 0.0520. The molecule has 1 aliphatic heterocycles. The molecule has 1 aliphatic rings. The standard InChI is InChI=1S/C16H23N5O3S/c1-3-13-16(14(4-2)20-19-13)25(22,23)21-9-5-12(6-10-21)24-15-11-17-7-8-18-15/h7-8,11-12H,3-6,9-10H2,1-2H3,(H,19,20). The third kappa shape index (κ3) is 3.67. The van der Waals surface area contributed by atoms with Gasteiger partial charge in [-0.15, -0.1) is 0 Å². The van der Waals surface area contributed by atoms with Gasteiger partial charge in [0.15, 0.2) is 0 Å². The fraction of sp³-hybridized carbons (Fsp3) is 0.562. The van der Waals surface area contributed by atoms with Crippen LogP contribution in [-0.4, -0.2) is 52.1 Å².